The quantitative estimate of drug-likeness (QED) is 0.898. The van der Waals surface area contributed by atoms with E-state index in [1.165, 1.54) is 0 Å². The molecule has 0 bridgehead atoms. The minimum Gasteiger partial charge on any atom is -0.495 e. The van der Waals surface area contributed by atoms with E-state index >= 15 is 0 Å². The van der Waals surface area contributed by atoms with Crippen LogP contribution in [-0.4, -0.2) is 24.7 Å². The van der Waals surface area contributed by atoms with E-state index in [1.807, 2.05) is 18.2 Å². The van der Waals surface area contributed by atoms with Crippen LogP contribution < -0.4 is 10.1 Å². The van der Waals surface area contributed by atoms with E-state index in [4.69, 9.17) is 9.84 Å². The topological polar surface area (TPSA) is 58.6 Å². The second-order valence-electron chi connectivity index (χ2n) is 4.09. The van der Waals surface area contributed by atoms with Crippen molar-refractivity contribution < 1.29 is 14.6 Å². The Morgan fingerprint density at radius 2 is 2.35 bits per heavy atom. The van der Waals surface area contributed by atoms with E-state index in [9.17, 15) is 4.79 Å². The smallest absolute Gasteiger partial charge is 0.307 e. The average Bonchev–Trinajstić information content (AvgIpc) is 2.77. The number of hydrogen-bond donors (Lipinski definition) is 2. The Morgan fingerprint density at radius 1 is 1.59 bits per heavy atom. The predicted molar refractivity (Wildman–Crippen MR) is 67.2 cm³/mol. The van der Waals surface area contributed by atoms with Gasteiger partial charge in [-0.25, -0.2) is 0 Å². The maximum absolute atomic E-state index is 10.9. The SMILES string of the molecule is COc1c(Br)cccc1C1CC(C(=O)O)CN1. The van der Waals surface area contributed by atoms with Crippen molar-refractivity contribution >= 4 is 21.9 Å². The van der Waals surface area contributed by atoms with Gasteiger partial charge in [0.25, 0.3) is 0 Å². The second kappa shape index (κ2) is 5.06. The molecule has 17 heavy (non-hydrogen) atoms. The van der Waals surface area contributed by atoms with Crippen LogP contribution in [0.2, 0.25) is 0 Å². The third-order valence-electron chi connectivity index (χ3n) is 3.06. The summed E-state index contributed by atoms with van der Waals surface area (Å²) in [6.07, 6.45) is 0.599. The Morgan fingerprint density at radius 3 is 2.94 bits per heavy atom. The van der Waals surface area contributed by atoms with E-state index in [1.54, 1.807) is 7.11 Å². The summed E-state index contributed by atoms with van der Waals surface area (Å²) in [4.78, 5) is 10.9. The van der Waals surface area contributed by atoms with Crippen LogP contribution in [0.5, 0.6) is 5.75 Å². The molecule has 1 fully saturated rings. The number of nitrogens with one attached hydrogen (secondary N) is 1. The summed E-state index contributed by atoms with van der Waals surface area (Å²) in [5.74, 6) is -0.284. The summed E-state index contributed by atoms with van der Waals surface area (Å²) in [7, 11) is 1.62. The van der Waals surface area contributed by atoms with Crippen LogP contribution in [0.4, 0.5) is 0 Å². The van der Waals surface area contributed by atoms with Gasteiger partial charge in [0.05, 0.1) is 17.5 Å². The highest BCUT2D eigenvalue weighted by molar-refractivity contribution is 9.10. The minimum atomic E-state index is -0.742. The summed E-state index contributed by atoms with van der Waals surface area (Å²) in [6, 6.07) is 5.85. The molecule has 0 saturated carbocycles. The number of hydrogen-bond acceptors (Lipinski definition) is 3. The summed E-state index contributed by atoms with van der Waals surface area (Å²) in [6.45, 7) is 0.510. The summed E-state index contributed by atoms with van der Waals surface area (Å²) >= 11 is 3.43. The van der Waals surface area contributed by atoms with Gasteiger partial charge in [0, 0.05) is 18.2 Å². The molecule has 1 heterocycles. The lowest BCUT2D eigenvalue weighted by Crippen LogP contribution is -2.17. The first-order chi connectivity index (χ1) is 8.13. The van der Waals surface area contributed by atoms with Crippen LogP contribution in [0.1, 0.15) is 18.0 Å². The van der Waals surface area contributed by atoms with E-state index in [0.29, 0.717) is 13.0 Å². The number of methoxy groups -OCH3 is 1. The lowest BCUT2D eigenvalue weighted by molar-refractivity contribution is -0.141. The first kappa shape index (κ1) is 12.4. The van der Waals surface area contributed by atoms with Crippen LogP contribution in [0.15, 0.2) is 22.7 Å². The summed E-state index contributed by atoms with van der Waals surface area (Å²) < 4.78 is 6.24. The molecule has 0 amide bonds. The largest absolute Gasteiger partial charge is 0.495 e. The van der Waals surface area contributed by atoms with Gasteiger partial charge in [-0.1, -0.05) is 12.1 Å². The van der Waals surface area contributed by atoms with Gasteiger partial charge in [0.15, 0.2) is 0 Å². The highest BCUT2D eigenvalue weighted by atomic mass is 79.9. The monoisotopic (exact) mass is 299 g/mol. The number of halogens is 1. The van der Waals surface area contributed by atoms with Gasteiger partial charge in [-0.3, -0.25) is 4.79 Å². The molecule has 1 saturated heterocycles. The first-order valence-electron chi connectivity index (χ1n) is 5.42. The third-order valence-corrected chi connectivity index (χ3v) is 3.68. The van der Waals surface area contributed by atoms with Crippen molar-refractivity contribution in [3.05, 3.63) is 28.2 Å². The second-order valence-corrected chi connectivity index (χ2v) is 4.95. The van der Waals surface area contributed by atoms with Gasteiger partial charge in [0.1, 0.15) is 5.75 Å². The lowest BCUT2D eigenvalue weighted by Gasteiger charge is -2.16. The fraction of sp³-hybridized carbons (Fsp3) is 0.417. The van der Waals surface area contributed by atoms with Crippen LogP contribution >= 0.6 is 15.9 Å². The molecule has 2 rings (SSSR count). The molecule has 0 radical (unpaired) electrons. The molecule has 0 aliphatic carbocycles. The molecule has 2 atom stereocenters. The van der Waals surface area contributed by atoms with Gasteiger partial charge in [-0.15, -0.1) is 0 Å². The Hall–Kier alpha value is -1.07. The molecule has 92 valence electrons. The molecule has 2 N–H and O–H groups in total. The zero-order valence-corrected chi connectivity index (χ0v) is 11.0. The molecule has 1 aliphatic heterocycles. The number of carboxylic acids is 1. The van der Waals surface area contributed by atoms with Crippen molar-refractivity contribution in [2.24, 2.45) is 5.92 Å². The predicted octanol–water partition coefficient (Wildman–Crippen LogP) is 2.19. The van der Waals surface area contributed by atoms with Gasteiger partial charge in [0.2, 0.25) is 0 Å². The number of carbonyl (C=O) groups is 1. The summed E-state index contributed by atoms with van der Waals surface area (Å²) in [5.41, 5.74) is 1.01. The molecular weight excluding hydrogens is 286 g/mol. The van der Waals surface area contributed by atoms with E-state index < -0.39 is 5.97 Å². The van der Waals surface area contributed by atoms with Crippen molar-refractivity contribution in [1.29, 1.82) is 0 Å². The van der Waals surface area contributed by atoms with Crippen molar-refractivity contribution in [3.63, 3.8) is 0 Å². The molecule has 0 spiro atoms. The standard InChI is InChI=1S/C12H14BrNO3/c1-17-11-8(3-2-4-9(11)13)10-5-7(6-14-10)12(15)16/h2-4,7,10,14H,5-6H2,1H3,(H,15,16). The highest BCUT2D eigenvalue weighted by Crippen LogP contribution is 2.37. The van der Waals surface area contributed by atoms with Crippen LogP contribution in [-0.2, 0) is 4.79 Å². The summed E-state index contributed by atoms with van der Waals surface area (Å²) in [5, 5.41) is 12.2. The maximum Gasteiger partial charge on any atom is 0.307 e. The Bertz CT molecular complexity index is 436. The number of benzene rings is 1. The average molecular weight is 300 g/mol. The molecule has 5 heteroatoms. The van der Waals surface area contributed by atoms with Gasteiger partial charge >= 0.3 is 5.97 Å². The molecule has 1 aromatic rings. The minimum absolute atomic E-state index is 0.0450. The van der Waals surface area contributed by atoms with Crippen molar-refractivity contribution in [3.8, 4) is 5.75 Å². The molecule has 1 aromatic carbocycles. The number of rotatable bonds is 3. The Balaban J connectivity index is 2.24. The van der Waals surface area contributed by atoms with Crippen LogP contribution in [0.25, 0.3) is 0 Å². The number of aliphatic carboxylic acids is 1. The fourth-order valence-electron chi connectivity index (χ4n) is 2.18. The highest BCUT2D eigenvalue weighted by Gasteiger charge is 2.31. The van der Waals surface area contributed by atoms with Gasteiger partial charge in [-0.2, -0.15) is 0 Å². The molecule has 2 unspecified atom stereocenters. The fourth-order valence-corrected chi connectivity index (χ4v) is 2.72. The Kier molecular flexibility index (Phi) is 3.69. The molecular formula is C12H14BrNO3. The Labute approximate surface area is 108 Å². The number of carboxylic acid groups (broad SMARTS) is 1. The first-order valence-corrected chi connectivity index (χ1v) is 6.21. The molecule has 4 nitrogen and oxygen atoms in total. The van der Waals surface area contributed by atoms with E-state index in [-0.39, 0.29) is 12.0 Å². The van der Waals surface area contributed by atoms with Crippen molar-refractivity contribution in [2.45, 2.75) is 12.5 Å². The van der Waals surface area contributed by atoms with Crippen LogP contribution in [0.3, 0.4) is 0 Å². The number of para-hydroxylation sites is 1. The van der Waals surface area contributed by atoms with Crippen molar-refractivity contribution in [1.82, 2.24) is 5.32 Å². The third kappa shape index (κ3) is 2.45. The maximum atomic E-state index is 10.9. The van der Waals surface area contributed by atoms with E-state index in [2.05, 4.69) is 21.2 Å². The van der Waals surface area contributed by atoms with Crippen LogP contribution in [0, 0.1) is 5.92 Å². The normalized spacial score (nSPS) is 23.6. The zero-order chi connectivity index (χ0) is 12.4. The lowest BCUT2D eigenvalue weighted by atomic mass is 9.99. The van der Waals surface area contributed by atoms with Gasteiger partial charge < -0.3 is 15.2 Å². The molecule has 0 aromatic heterocycles. The van der Waals surface area contributed by atoms with Crippen molar-refractivity contribution in [2.75, 3.05) is 13.7 Å². The van der Waals surface area contributed by atoms with Gasteiger partial charge in [-0.05, 0) is 28.4 Å². The zero-order valence-electron chi connectivity index (χ0n) is 9.44. The molecule has 1 aliphatic rings. The van der Waals surface area contributed by atoms with E-state index in [0.717, 1.165) is 15.8 Å². The number of ether oxygens (including phenoxy) is 1.